The van der Waals surface area contributed by atoms with Crippen LogP contribution in [0.1, 0.15) is 98.4 Å². The number of aromatic nitrogens is 2. The first kappa shape index (κ1) is 33.2. The third-order valence-electron chi connectivity index (χ3n) is 11.3. The zero-order chi connectivity index (χ0) is 32.5. The van der Waals surface area contributed by atoms with E-state index < -0.39 is 28.6 Å². The van der Waals surface area contributed by atoms with E-state index >= 15 is 0 Å². The van der Waals surface area contributed by atoms with Crippen molar-refractivity contribution in [3.8, 4) is 0 Å². The van der Waals surface area contributed by atoms with Crippen molar-refractivity contribution in [3.63, 3.8) is 0 Å². The maximum absolute atomic E-state index is 11.9. The molecule has 2 aromatic heterocycles. The average Bonchev–Trinajstić information content (AvgIpc) is 3.61. The molecule has 6 heterocycles. The van der Waals surface area contributed by atoms with E-state index in [0.717, 1.165) is 41.8 Å². The van der Waals surface area contributed by atoms with Gasteiger partial charge in [0.25, 0.3) is 0 Å². The van der Waals surface area contributed by atoms with Crippen LogP contribution in [-0.2, 0) is 48.1 Å². The molecule has 4 aliphatic heterocycles. The van der Waals surface area contributed by atoms with Gasteiger partial charge in [-0.1, -0.05) is 0 Å². The first-order valence-electron chi connectivity index (χ1n) is 16.5. The van der Waals surface area contributed by atoms with E-state index in [0.29, 0.717) is 32.1 Å². The van der Waals surface area contributed by atoms with Crippen LogP contribution in [0.2, 0.25) is 0 Å². The van der Waals surface area contributed by atoms with Gasteiger partial charge in [0.15, 0.2) is 0 Å². The molecular weight excluding hydrogens is 718 g/mol. The van der Waals surface area contributed by atoms with E-state index in [-0.39, 0.29) is 37.0 Å². The van der Waals surface area contributed by atoms with Gasteiger partial charge in [-0.2, -0.15) is 0 Å². The second-order valence-electron chi connectivity index (χ2n) is 13.4. The summed E-state index contributed by atoms with van der Waals surface area (Å²) in [4.78, 5) is 23.6. The van der Waals surface area contributed by atoms with Gasteiger partial charge >= 0.3 is 280 Å². The molecule has 0 spiro atoms. The van der Waals surface area contributed by atoms with E-state index in [9.17, 15) is 19.8 Å². The molecule has 4 N–H and O–H groups in total. The molecule has 244 valence electrons. The number of carboxylic acids is 2. The van der Waals surface area contributed by atoms with Crippen molar-refractivity contribution in [2.24, 2.45) is 0 Å². The molecule has 0 aliphatic carbocycles. The number of halogens is 2. The number of carbonyl (C=O) groups is 2. The molecule has 4 unspecified atom stereocenters. The predicted octanol–water partition coefficient (Wildman–Crippen LogP) is 5.58. The Labute approximate surface area is 278 Å². The predicted molar refractivity (Wildman–Crippen MR) is 181 cm³/mol. The Morgan fingerprint density at radius 3 is 1.69 bits per heavy atom. The molecule has 4 aliphatic rings. The molecule has 4 atom stereocenters. The summed E-state index contributed by atoms with van der Waals surface area (Å²) >= 11 is -4.58. The zero-order valence-corrected chi connectivity index (χ0v) is 31.6. The molecule has 0 radical (unpaired) electrons. The summed E-state index contributed by atoms with van der Waals surface area (Å²) < 4.78 is 4.74. The minimum atomic E-state index is -4.58. The van der Waals surface area contributed by atoms with Crippen LogP contribution in [0.25, 0.3) is 0 Å². The molecule has 0 saturated carbocycles. The summed E-state index contributed by atoms with van der Waals surface area (Å²) in [5, 5.41) is 27.3. The second kappa shape index (κ2) is 12.4. The Kier molecular flexibility index (Phi) is 9.13. The van der Waals surface area contributed by atoms with Gasteiger partial charge in [-0.25, -0.2) is 0 Å². The number of rotatable bonds is 8. The Morgan fingerprint density at radius 1 is 0.689 bits per heavy atom. The SMILES string of the molecule is CCC1=C(C)C2Cc3c(CCC(=O)O)c(C)c4[n]3[Sn]([Cl])([Cl])[n]3c(c(C)c(CC)c3CC3NC(C4)C(C)=C3CCC(=O)O)CC1N2. The van der Waals surface area contributed by atoms with Crippen LogP contribution in [-0.4, -0.2) is 68.6 Å². The summed E-state index contributed by atoms with van der Waals surface area (Å²) in [7, 11) is 16.1. The van der Waals surface area contributed by atoms with Gasteiger partial charge in [0.05, 0.1) is 0 Å². The summed E-state index contributed by atoms with van der Waals surface area (Å²) in [6, 6.07) is 0.325. The third-order valence-corrected chi connectivity index (χ3v) is 22.0. The van der Waals surface area contributed by atoms with Gasteiger partial charge in [0.1, 0.15) is 0 Å². The molecule has 0 fully saturated rings. The van der Waals surface area contributed by atoms with E-state index in [1.54, 1.807) is 0 Å². The van der Waals surface area contributed by atoms with Gasteiger partial charge in [-0.05, 0) is 0 Å². The number of carboxylic acid groups (broad SMARTS) is 2. The Morgan fingerprint density at radius 2 is 1.13 bits per heavy atom. The van der Waals surface area contributed by atoms with Crippen molar-refractivity contribution in [3.05, 3.63) is 67.3 Å². The van der Waals surface area contributed by atoms with E-state index in [1.165, 1.54) is 44.8 Å². The minimum absolute atomic E-state index is 0.000948. The van der Waals surface area contributed by atoms with Crippen molar-refractivity contribution < 1.29 is 19.8 Å². The van der Waals surface area contributed by atoms with E-state index in [4.69, 9.17) is 17.8 Å². The molecule has 8 nitrogen and oxygen atoms in total. The van der Waals surface area contributed by atoms with Crippen LogP contribution in [0, 0.1) is 13.8 Å². The van der Waals surface area contributed by atoms with Crippen LogP contribution >= 0.6 is 17.8 Å². The number of hydrogen-bond donors (Lipinski definition) is 4. The van der Waals surface area contributed by atoms with Gasteiger partial charge in [0.2, 0.25) is 0 Å². The van der Waals surface area contributed by atoms with Crippen molar-refractivity contribution in [1.82, 2.24) is 16.2 Å². The fourth-order valence-corrected chi connectivity index (χ4v) is 21.6. The normalized spacial score (nSPS) is 25.2. The average molecular weight is 764 g/mol. The van der Waals surface area contributed by atoms with E-state index in [1.807, 2.05) is 0 Å². The van der Waals surface area contributed by atoms with Crippen LogP contribution < -0.4 is 10.6 Å². The van der Waals surface area contributed by atoms with Crippen LogP contribution in [0.4, 0.5) is 0 Å². The monoisotopic (exact) mass is 764 g/mol. The third kappa shape index (κ3) is 5.44. The fourth-order valence-electron chi connectivity index (χ4n) is 9.05. The first-order valence-corrected chi connectivity index (χ1v) is 26.2. The summed E-state index contributed by atoms with van der Waals surface area (Å²) in [5.74, 6) is -1.60. The molecule has 45 heavy (non-hydrogen) atoms. The number of fused-ring (bicyclic) bond motifs is 4. The fraction of sp³-hybridized carbons (Fsp3) is 0.588. The summed E-state index contributed by atoms with van der Waals surface area (Å²) in [5.41, 5.74) is 14.5. The Hall–Kier alpha value is -1.72. The second-order valence-corrected chi connectivity index (χ2v) is 27.3. The number of hydrogen-bond acceptors (Lipinski definition) is 4. The molecule has 0 saturated heterocycles. The molecule has 11 heteroatoms. The quantitative estimate of drug-likeness (QED) is 0.207. The van der Waals surface area contributed by atoms with Crippen molar-refractivity contribution in [1.29, 1.82) is 0 Å². The Bertz CT molecular complexity index is 1650. The van der Waals surface area contributed by atoms with E-state index in [2.05, 4.69) is 57.8 Å². The molecule has 6 bridgehead atoms. The van der Waals surface area contributed by atoms with Crippen LogP contribution in [0.5, 0.6) is 0 Å². The van der Waals surface area contributed by atoms with Crippen molar-refractivity contribution >= 4 is 46.5 Å². The maximum atomic E-state index is 11.9. The zero-order valence-electron chi connectivity index (χ0n) is 27.2. The van der Waals surface area contributed by atoms with Crippen molar-refractivity contribution in [2.45, 2.75) is 130 Å². The molecule has 0 amide bonds. The van der Waals surface area contributed by atoms with Gasteiger partial charge in [0, 0.05) is 0 Å². The van der Waals surface area contributed by atoms with Gasteiger partial charge < -0.3 is 0 Å². The number of nitrogens with zero attached hydrogens (tertiary/aromatic N) is 2. The van der Waals surface area contributed by atoms with Crippen molar-refractivity contribution in [2.75, 3.05) is 0 Å². The number of aliphatic carboxylic acids is 2. The van der Waals surface area contributed by atoms with Gasteiger partial charge in [-0.15, -0.1) is 0 Å². The van der Waals surface area contributed by atoms with Crippen LogP contribution in [0.15, 0.2) is 22.3 Å². The number of nitrogens with one attached hydrogen (secondary N) is 2. The standard InChI is InChI=1S/C34H46N4O4.2ClH.Sn/c1-7-21-17(3)28-15-31-23(9-11-33(39)40)19(5)25(37-31)13-26-20(6)24(10-12-34(41)42)32(38-26)16-30-22(8-2)18(4)27(36-30)14-29(21)35-28;;;/h26,28-29,32,35,38H,7-16H2,1-6H3,(H,39,40)(H,41,42);2*1H;/q-2;;;+4/p-2. The topological polar surface area (TPSA) is 109 Å². The van der Waals surface area contributed by atoms with Gasteiger partial charge in [-0.3, -0.25) is 0 Å². The molecular formula is C34H46Cl2N4O4Sn. The first-order chi connectivity index (χ1) is 21.3. The molecule has 6 rings (SSSR count). The Balaban J connectivity index is 1.69. The molecule has 2 aromatic rings. The summed E-state index contributed by atoms with van der Waals surface area (Å²) in [6.45, 7) is 13.2. The molecule has 0 aromatic carbocycles. The summed E-state index contributed by atoms with van der Waals surface area (Å²) in [6.07, 6.45) is 5.79. The van der Waals surface area contributed by atoms with Crippen LogP contribution in [0.3, 0.4) is 0 Å².